The third-order valence-corrected chi connectivity index (χ3v) is 6.38. The van der Waals surface area contributed by atoms with Gasteiger partial charge in [-0.15, -0.1) is 11.8 Å². The number of carbonyl (C=O) groups is 2. The van der Waals surface area contributed by atoms with Gasteiger partial charge in [0.25, 0.3) is 0 Å². The van der Waals surface area contributed by atoms with Gasteiger partial charge < -0.3 is 15.0 Å². The van der Waals surface area contributed by atoms with Crippen molar-refractivity contribution >= 4 is 35.2 Å². The normalized spacial score (nSPS) is 11.6. The Kier molecular flexibility index (Phi) is 11.5. The lowest BCUT2D eigenvalue weighted by molar-refractivity contribution is -0.139. The smallest absolute Gasteiger partial charge is 0.242 e. The van der Waals surface area contributed by atoms with E-state index in [1.54, 1.807) is 23.8 Å². The zero-order valence-electron chi connectivity index (χ0n) is 19.1. The minimum atomic E-state index is -0.502. The second-order valence-corrected chi connectivity index (χ2v) is 8.98. The quantitative estimate of drug-likeness (QED) is 0.398. The van der Waals surface area contributed by atoms with Crippen molar-refractivity contribution in [2.24, 2.45) is 0 Å². The molecule has 0 radical (unpaired) electrons. The van der Waals surface area contributed by atoms with Gasteiger partial charge in [-0.1, -0.05) is 56.1 Å². The summed E-state index contributed by atoms with van der Waals surface area (Å²) in [5, 5.41) is 3.68. The highest BCUT2D eigenvalue weighted by Crippen LogP contribution is 2.20. The predicted molar refractivity (Wildman–Crippen MR) is 133 cm³/mol. The molecule has 0 heterocycles. The molecule has 0 unspecified atom stereocenters. The largest absolute Gasteiger partial charge is 0.497 e. The maximum absolute atomic E-state index is 13.2. The van der Waals surface area contributed by atoms with Gasteiger partial charge in [-0.3, -0.25) is 9.59 Å². The molecule has 0 bridgehead atoms. The summed E-state index contributed by atoms with van der Waals surface area (Å²) in [7, 11) is 1.62. The first-order valence-electron chi connectivity index (χ1n) is 11.0. The average molecular weight is 477 g/mol. The standard InChI is InChI=1S/C25H33ClN2O3S/c1-4-6-15-27-25(30)23(5-2)28(16-19-9-13-22(31-3)14-10-19)24(29)18-32-17-20-7-11-21(26)12-8-20/h7-14,23H,4-6,15-18H2,1-3H3,(H,27,30)/t23-/m0/s1. The van der Waals surface area contributed by atoms with Crippen LogP contribution in [-0.2, 0) is 21.9 Å². The molecule has 2 aromatic rings. The van der Waals surface area contributed by atoms with Crippen molar-refractivity contribution in [3.8, 4) is 5.75 Å². The maximum atomic E-state index is 13.2. The predicted octanol–water partition coefficient (Wildman–Crippen LogP) is 5.31. The molecule has 0 spiro atoms. The molecule has 1 N–H and O–H groups in total. The van der Waals surface area contributed by atoms with E-state index in [1.165, 1.54) is 0 Å². The number of halogens is 1. The van der Waals surface area contributed by atoms with Crippen molar-refractivity contribution < 1.29 is 14.3 Å². The van der Waals surface area contributed by atoms with E-state index in [2.05, 4.69) is 12.2 Å². The van der Waals surface area contributed by atoms with Gasteiger partial charge in [0.05, 0.1) is 12.9 Å². The number of hydrogen-bond donors (Lipinski definition) is 1. The molecular formula is C25H33ClN2O3S. The van der Waals surface area contributed by atoms with Crippen LogP contribution in [0, 0.1) is 0 Å². The van der Waals surface area contributed by atoms with Crippen LogP contribution in [-0.4, -0.2) is 42.2 Å². The van der Waals surface area contributed by atoms with E-state index in [0.717, 1.165) is 29.7 Å². The summed E-state index contributed by atoms with van der Waals surface area (Å²) in [6.07, 6.45) is 2.49. The van der Waals surface area contributed by atoms with E-state index in [9.17, 15) is 9.59 Å². The molecule has 0 saturated carbocycles. The number of carbonyl (C=O) groups excluding carboxylic acids is 2. The molecule has 0 aliphatic rings. The number of ether oxygens (including phenoxy) is 1. The van der Waals surface area contributed by atoms with Gasteiger partial charge in [0, 0.05) is 23.9 Å². The molecule has 32 heavy (non-hydrogen) atoms. The number of benzene rings is 2. The first-order chi connectivity index (χ1) is 15.5. The Bertz CT molecular complexity index is 843. The highest BCUT2D eigenvalue weighted by atomic mass is 35.5. The Morgan fingerprint density at radius 2 is 1.72 bits per heavy atom. The van der Waals surface area contributed by atoms with E-state index >= 15 is 0 Å². The van der Waals surface area contributed by atoms with E-state index in [4.69, 9.17) is 16.3 Å². The molecular weight excluding hydrogens is 444 g/mol. The fraction of sp³-hybridized carbons (Fsp3) is 0.440. The Labute approximate surface area is 200 Å². The molecule has 7 heteroatoms. The van der Waals surface area contributed by atoms with Gasteiger partial charge >= 0.3 is 0 Å². The zero-order valence-corrected chi connectivity index (χ0v) is 20.7. The molecule has 0 fully saturated rings. The number of rotatable bonds is 13. The van der Waals surface area contributed by atoms with Gasteiger partial charge in [0.2, 0.25) is 11.8 Å². The molecule has 0 saturated heterocycles. The van der Waals surface area contributed by atoms with Crippen molar-refractivity contribution in [1.82, 2.24) is 10.2 Å². The Hall–Kier alpha value is -2.18. The molecule has 0 aliphatic carbocycles. The van der Waals surface area contributed by atoms with Crippen LogP contribution in [0.1, 0.15) is 44.2 Å². The summed E-state index contributed by atoms with van der Waals surface area (Å²) in [6.45, 7) is 5.03. The summed E-state index contributed by atoms with van der Waals surface area (Å²) in [5.74, 6) is 1.63. The summed E-state index contributed by atoms with van der Waals surface area (Å²) in [5.41, 5.74) is 2.07. The van der Waals surface area contributed by atoms with Crippen LogP contribution in [0.5, 0.6) is 5.75 Å². The van der Waals surface area contributed by atoms with Crippen LogP contribution in [0.25, 0.3) is 0 Å². The van der Waals surface area contributed by atoms with Crippen molar-refractivity contribution in [2.75, 3.05) is 19.4 Å². The molecule has 1 atom stereocenters. The van der Waals surface area contributed by atoms with Crippen LogP contribution in [0.15, 0.2) is 48.5 Å². The molecule has 0 aliphatic heterocycles. The maximum Gasteiger partial charge on any atom is 0.242 e. The Balaban J connectivity index is 2.09. The lowest BCUT2D eigenvalue weighted by atomic mass is 10.1. The summed E-state index contributed by atoms with van der Waals surface area (Å²) in [6, 6.07) is 14.7. The lowest BCUT2D eigenvalue weighted by Crippen LogP contribution is -2.49. The number of nitrogens with one attached hydrogen (secondary N) is 1. The number of nitrogens with zero attached hydrogens (tertiary/aromatic N) is 1. The number of amides is 2. The minimum absolute atomic E-state index is 0.0442. The third kappa shape index (κ3) is 8.40. The second kappa shape index (κ2) is 14.1. The fourth-order valence-electron chi connectivity index (χ4n) is 3.27. The molecule has 0 aromatic heterocycles. The van der Waals surface area contributed by atoms with Crippen LogP contribution < -0.4 is 10.1 Å². The van der Waals surface area contributed by atoms with Crippen molar-refractivity contribution in [3.05, 3.63) is 64.7 Å². The van der Waals surface area contributed by atoms with E-state index < -0.39 is 6.04 Å². The zero-order chi connectivity index (χ0) is 23.3. The molecule has 2 aromatic carbocycles. The van der Waals surface area contributed by atoms with Gasteiger partial charge in [0.1, 0.15) is 11.8 Å². The monoisotopic (exact) mass is 476 g/mol. The first-order valence-corrected chi connectivity index (χ1v) is 12.5. The fourth-order valence-corrected chi connectivity index (χ4v) is 4.27. The van der Waals surface area contributed by atoms with Crippen LogP contribution in [0.2, 0.25) is 5.02 Å². The number of unbranched alkanes of at least 4 members (excludes halogenated alkanes) is 1. The Morgan fingerprint density at radius 3 is 2.31 bits per heavy atom. The number of hydrogen-bond acceptors (Lipinski definition) is 4. The van der Waals surface area contributed by atoms with Crippen molar-refractivity contribution in [1.29, 1.82) is 0 Å². The van der Waals surface area contributed by atoms with Gasteiger partial charge in [-0.25, -0.2) is 0 Å². The topological polar surface area (TPSA) is 58.6 Å². The highest BCUT2D eigenvalue weighted by molar-refractivity contribution is 7.99. The van der Waals surface area contributed by atoms with Gasteiger partial charge in [-0.2, -0.15) is 0 Å². The summed E-state index contributed by atoms with van der Waals surface area (Å²) in [4.78, 5) is 27.8. The first kappa shape index (κ1) is 26.1. The van der Waals surface area contributed by atoms with Gasteiger partial charge in [-0.05, 0) is 48.2 Å². The van der Waals surface area contributed by atoms with Crippen LogP contribution >= 0.6 is 23.4 Å². The lowest BCUT2D eigenvalue weighted by Gasteiger charge is -2.30. The van der Waals surface area contributed by atoms with Gasteiger partial charge in [0.15, 0.2) is 0 Å². The average Bonchev–Trinajstić information content (AvgIpc) is 2.80. The number of methoxy groups -OCH3 is 1. The summed E-state index contributed by atoms with van der Waals surface area (Å²) >= 11 is 7.49. The highest BCUT2D eigenvalue weighted by Gasteiger charge is 2.28. The molecule has 174 valence electrons. The number of thioether (sulfide) groups is 1. The van der Waals surface area contributed by atoms with Crippen LogP contribution in [0.3, 0.4) is 0 Å². The minimum Gasteiger partial charge on any atom is -0.497 e. The SMILES string of the molecule is CCCCNC(=O)[C@H](CC)N(Cc1ccc(OC)cc1)C(=O)CSCc1ccc(Cl)cc1. The van der Waals surface area contributed by atoms with E-state index in [0.29, 0.717) is 36.0 Å². The second-order valence-electron chi connectivity index (χ2n) is 7.56. The molecule has 2 rings (SSSR count). The van der Waals surface area contributed by atoms with Crippen molar-refractivity contribution in [2.45, 2.75) is 51.4 Å². The van der Waals surface area contributed by atoms with Crippen LogP contribution in [0.4, 0.5) is 0 Å². The summed E-state index contributed by atoms with van der Waals surface area (Å²) < 4.78 is 5.23. The van der Waals surface area contributed by atoms with E-state index in [1.807, 2.05) is 55.5 Å². The molecule has 2 amide bonds. The van der Waals surface area contributed by atoms with E-state index in [-0.39, 0.29) is 11.8 Å². The third-order valence-electron chi connectivity index (χ3n) is 5.13. The van der Waals surface area contributed by atoms with Crippen molar-refractivity contribution in [3.63, 3.8) is 0 Å². The molecule has 5 nitrogen and oxygen atoms in total. The Morgan fingerprint density at radius 1 is 1.06 bits per heavy atom.